The summed E-state index contributed by atoms with van der Waals surface area (Å²) in [5.74, 6) is 1.35. The first-order chi connectivity index (χ1) is 13.7. The molecule has 2 aromatic carbocycles. The SMILES string of the molecule is C[C@H](CCc1ccccc1)N(Cc1ccc2c(c1)OCO2)C(=O)c1csnn1. The van der Waals surface area contributed by atoms with Crippen LogP contribution < -0.4 is 9.47 Å². The third kappa shape index (κ3) is 4.14. The molecule has 0 radical (unpaired) electrons. The summed E-state index contributed by atoms with van der Waals surface area (Å²) in [6.45, 7) is 2.79. The van der Waals surface area contributed by atoms with Crippen LogP contribution in [0, 0.1) is 0 Å². The van der Waals surface area contributed by atoms with Gasteiger partial charge in [0.2, 0.25) is 6.79 Å². The Balaban J connectivity index is 1.52. The van der Waals surface area contributed by atoms with Gasteiger partial charge in [0.1, 0.15) is 0 Å². The Morgan fingerprint density at radius 3 is 2.75 bits per heavy atom. The highest BCUT2D eigenvalue weighted by atomic mass is 32.1. The Labute approximate surface area is 167 Å². The maximum Gasteiger partial charge on any atom is 0.275 e. The largest absolute Gasteiger partial charge is 0.454 e. The predicted molar refractivity (Wildman–Crippen MR) is 107 cm³/mol. The molecule has 0 saturated carbocycles. The minimum Gasteiger partial charge on any atom is -0.454 e. The zero-order chi connectivity index (χ0) is 19.3. The van der Waals surface area contributed by atoms with Crippen molar-refractivity contribution in [1.82, 2.24) is 14.5 Å². The molecule has 0 fully saturated rings. The van der Waals surface area contributed by atoms with Gasteiger partial charge >= 0.3 is 0 Å². The van der Waals surface area contributed by atoms with Gasteiger partial charge in [-0.05, 0) is 54.6 Å². The number of aromatic nitrogens is 2. The first kappa shape index (κ1) is 18.4. The van der Waals surface area contributed by atoms with E-state index in [1.165, 1.54) is 17.1 Å². The van der Waals surface area contributed by atoms with Crippen molar-refractivity contribution >= 4 is 17.4 Å². The predicted octanol–water partition coefficient (Wildman–Crippen LogP) is 3.93. The number of hydrogen-bond donors (Lipinski definition) is 0. The highest BCUT2D eigenvalue weighted by Crippen LogP contribution is 2.33. The Morgan fingerprint density at radius 2 is 1.96 bits per heavy atom. The molecule has 1 amide bonds. The van der Waals surface area contributed by atoms with Gasteiger partial charge in [-0.2, -0.15) is 0 Å². The van der Waals surface area contributed by atoms with Crippen LogP contribution in [0.15, 0.2) is 53.9 Å². The van der Waals surface area contributed by atoms with Crippen LogP contribution in [0.25, 0.3) is 0 Å². The molecule has 0 spiro atoms. The van der Waals surface area contributed by atoms with E-state index in [1.807, 2.05) is 41.3 Å². The Hall–Kier alpha value is -2.93. The fourth-order valence-corrected chi connectivity index (χ4v) is 3.67. The van der Waals surface area contributed by atoms with Gasteiger partial charge in [0.25, 0.3) is 5.91 Å². The molecule has 7 heteroatoms. The lowest BCUT2D eigenvalue weighted by atomic mass is 10.0. The molecule has 0 bridgehead atoms. The molecule has 0 N–H and O–H groups in total. The first-order valence-corrected chi connectivity index (χ1v) is 10.0. The highest BCUT2D eigenvalue weighted by Gasteiger charge is 2.24. The minimum absolute atomic E-state index is 0.0415. The third-order valence-electron chi connectivity index (χ3n) is 4.86. The molecule has 144 valence electrons. The molecule has 4 rings (SSSR count). The van der Waals surface area contributed by atoms with Crippen molar-refractivity contribution in [3.05, 3.63) is 70.7 Å². The zero-order valence-corrected chi connectivity index (χ0v) is 16.4. The summed E-state index contributed by atoms with van der Waals surface area (Å²) >= 11 is 1.18. The standard InChI is InChI=1S/C21H21N3O3S/c1-15(7-8-16-5-3-2-4-6-16)24(21(25)18-13-28-23-22-18)12-17-9-10-19-20(11-17)27-14-26-19/h2-6,9-11,13,15H,7-8,12,14H2,1H3/t15-/m1/s1. The van der Waals surface area contributed by atoms with E-state index in [1.54, 1.807) is 5.38 Å². The molecule has 0 saturated heterocycles. The lowest BCUT2D eigenvalue weighted by Gasteiger charge is -2.29. The molecular formula is C21H21N3O3S. The van der Waals surface area contributed by atoms with Crippen molar-refractivity contribution in [2.45, 2.75) is 32.4 Å². The van der Waals surface area contributed by atoms with Gasteiger partial charge in [-0.3, -0.25) is 4.79 Å². The number of carbonyl (C=O) groups excluding carboxylic acids is 1. The van der Waals surface area contributed by atoms with Crippen LogP contribution in [-0.4, -0.2) is 33.2 Å². The number of rotatable bonds is 7. The van der Waals surface area contributed by atoms with Gasteiger partial charge in [0.15, 0.2) is 17.2 Å². The topological polar surface area (TPSA) is 64.6 Å². The fraction of sp³-hybridized carbons (Fsp3) is 0.286. The molecule has 6 nitrogen and oxygen atoms in total. The molecule has 1 atom stereocenters. The van der Waals surface area contributed by atoms with E-state index >= 15 is 0 Å². The second kappa shape index (κ2) is 8.39. The number of amides is 1. The summed E-state index contributed by atoms with van der Waals surface area (Å²) in [5, 5.41) is 5.66. The van der Waals surface area contributed by atoms with Gasteiger partial charge in [-0.1, -0.05) is 40.9 Å². The Morgan fingerprint density at radius 1 is 1.14 bits per heavy atom. The monoisotopic (exact) mass is 395 g/mol. The van der Waals surface area contributed by atoms with Crippen LogP contribution >= 0.6 is 11.5 Å². The summed E-state index contributed by atoms with van der Waals surface area (Å²) in [4.78, 5) is 14.9. The van der Waals surface area contributed by atoms with E-state index in [-0.39, 0.29) is 18.7 Å². The number of carbonyl (C=O) groups is 1. The van der Waals surface area contributed by atoms with Crippen LogP contribution in [-0.2, 0) is 13.0 Å². The summed E-state index contributed by atoms with van der Waals surface area (Å²) in [5.41, 5.74) is 2.64. The normalized spacial score (nSPS) is 13.3. The number of ether oxygens (including phenoxy) is 2. The molecule has 0 aliphatic carbocycles. The van der Waals surface area contributed by atoms with Gasteiger partial charge < -0.3 is 14.4 Å². The Bertz CT molecular complexity index is 931. The minimum atomic E-state index is -0.105. The fourth-order valence-electron chi connectivity index (χ4n) is 3.24. The lowest BCUT2D eigenvalue weighted by molar-refractivity contribution is 0.0661. The number of hydrogen-bond acceptors (Lipinski definition) is 6. The summed E-state index contributed by atoms with van der Waals surface area (Å²) in [6, 6.07) is 16.1. The molecule has 0 unspecified atom stereocenters. The van der Waals surface area contributed by atoms with Gasteiger partial charge in [0, 0.05) is 18.0 Å². The van der Waals surface area contributed by atoms with Crippen LogP contribution in [0.2, 0.25) is 0 Å². The smallest absolute Gasteiger partial charge is 0.275 e. The van der Waals surface area contributed by atoms with E-state index in [9.17, 15) is 4.79 Å². The number of benzene rings is 2. The van der Waals surface area contributed by atoms with Crippen molar-refractivity contribution in [2.75, 3.05) is 6.79 Å². The summed E-state index contributed by atoms with van der Waals surface area (Å²) in [6.07, 6.45) is 1.76. The van der Waals surface area contributed by atoms with Crippen molar-refractivity contribution in [3.8, 4) is 11.5 Å². The average molecular weight is 395 g/mol. The summed E-state index contributed by atoms with van der Waals surface area (Å²) in [7, 11) is 0. The third-order valence-corrected chi connectivity index (χ3v) is 5.36. The van der Waals surface area contributed by atoms with E-state index in [4.69, 9.17) is 9.47 Å². The van der Waals surface area contributed by atoms with E-state index < -0.39 is 0 Å². The molecule has 3 aromatic rings. The molecule has 1 aliphatic heterocycles. The molecular weight excluding hydrogens is 374 g/mol. The number of nitrogens with zero attached hydrogens (tertiary/aromatic N) is 3. The molecule has 28 heavy (non-hydrogen) atoms. The number of fused-ring (bicyclic) bond motifs is 1. The lowest BCUT2D eigenvalue weighted by Crippen LogP contribution is -2.38. The molecule has 1 aromatic heterocycles. The van der Waals surface area contributed by atoms with E-state index in [0.29, 0.717) is 12.2 Å². The quantitative estimate of drug-likeness (QED) is 0.606. The van der Waals surface area contributed by atoms with Crippen LogP contribution in [0.4, 0.5) is 0 Å². The van der Waals surface area contributed by atoms with Crippen molar-refractivity contribution in [3.63, 3.8) is 0 Å². The van der Waals surface area contributed by atoms with Crippen LogP contribution in [0.1, 0.15) is 35.0 Å². The average Bonchev–Trinajstić information content (AvgIpc) is 3.42. The number of aryl methyl sites for hydroxylation is 1. The highest BCUT2D eigenvalue weighted by molar-refractivity contribution is 7.03. The summed E-state index contributed by atoms with van der Waals surface area (Å²) < 4.78 is 14.7. The maximum absolute atomic E-state index is 13.1. The molecule has 2 heterocycles. The first-order valence-electron chi connectivity index (χ1n) is 9.21. The second-order valence-corrected chi connectivity index (χ2v) is 7.39. The van der Waals surface area contributed by atoms with Crippen molar-refractivity contribution in [1.29, 1.82) is 0 Å². The van der Waals surface area contributed by atoms with Gasteiger partial charge in [-0.15, -0.1) is 5.10 Å². The maximum atomic E-state index is 13.1. The second-order valence-electron chi connectivity index (χ2n) is 6.78. The zero-order valence-electron chi connectivity index (χ0n) is 15.6. The van der Waals surface area contributed by atoms with Crippen molar-refractivity contribution in [2.24, 2.45) is 0 Å². The Kier molecular flexibility index (Phi) is 5.53. The van der Waals surface area contributed by atoms with Gasteiger partial charge in [-0.25, -0.2) is 0 Å². The van der Waals surface area contributed by atoms with Crippen molar-refractivity contribution < 1.29 is 14.3 Å². The van der Waals surface area contributed by atoms with Gasteiger partial charge in [0.05, 0.1) is 0 Å². The van der Waals surface area contributed by atoms with Crippen LogP contribution in [0.3, 0.4) is 0 Å². The van der Waals surface area contributed by atoms with Crippen LogP contribution in [0.5, 0.6) is 11.5 Å². The van der Waals surface area contributed by atoms with E-state index in [0.717, 1.165) is 29.9 Å². The van der Waals surface area contributed by atoms with E-state index in [2.05, 4.69) is 28.6 Å². The molecule has 1 aliphatic rings.